The second-order valence-corrected chi connectivity index (χ2v) is 6.52. The molecule has 2 aromatic carbocycles. The standard InChI is InChI=1S/C21H25NO2/c1-22-15-5-8-20(22)21(23)14-11-17-9-12-19(13-10-17)24-16-18-6-3-2-4-7-18/h2-4,6-7,9-10,12-13,20H,5,8,11,14-16H2,1H3. The first-order chi connectivity index (χ1) is 11.7. The van der Waals surface area contributed by atoms with Gasteiger partial charge in [0.2, 0.25) is 0 Å². The molecule has 1 aliphatic rings. The number of nitrogens with zero attached hydrogens (tertiary/aromatic N) is 1. The Bertz CT molecular complexity index is 651. The number of ether oxygens (including phenoxy) is 1. The van der Waals surface area contributed by atoms with Gasteiger partial charge in [-0.05, 0) is 56.1 Å². The van der Waals surface area contributed by atoms with Crippen molar-refractivity contribution in [3.63, 3.8) is 0 Å². The van der Waals surface area contributed by atoms with Gasteiger partial charge < -0.3 is 4.74 Å². The van der Waals surface area contributed by atoms with Gasteiger partial charge in [-0.2, -0.15) is 0 Å². The molecule has 0 amide bonds. The van der Waals surface area contributed by atoms with Crippen LogP contribution in [0.4, 0.5) is 0 Å². The molecule has 3 nitrogen and oxygen atoms in total. The van der Waals surface area contributed by atoms with Crippen LogP contribution in [-0.2, 0) is 17.8 Å². The highest BCUT2D eigenvalue weighted by Crippen LogP contribution is 2.19. The second kappa shape index (κ2) is 8.11. The lowest BCUT2D eigenvalue weighted by Gasteiger charge is -2.17. The van der Waals surface area contributed by atoms with Gasteiger partial charge in [-0.25, -0.2) is 0 Å². The van der Waals surface area contributed by atoms with Gasteiger partial charge in [-0.3, -0.25) is 9.69 Å². The molecule has 1 atom stereocenters. The Hall–Kier alpha value is -2.13. The lowest BCUT2D eigenvalue weighted by atomic mass is 10.0. The Morgan fingerprint density at radius 3 is 2.50 bits per heavy atom. The van der Waals surface area contributed by atoms with E-state index in [2.05, 4.69) is 36.2 Å². The number of aryl methyl sites for hydroxylation is 1. The Balaban J connectivity index is 1.47. The minimum Gasteiger partial charge on any atom is -0.489 e. The summed E-state index contributed by atoms with van der Waals surface area (Å²) in [7, 11) is 2.05. The molecule has 126 valence electrons. The van der Waals surface area contributed by atoms with Crippen molar-refractivity contribution >= 4 is 5.78 Å². The van der Waals surface area contributed by atoms with Crippen molar-refractivity contribution in [2.24, 2.45) is 0 Å². The number of hydrogen-bond donors (Lipinski definition) is 0. The van der Waals surface area contributed by atoms with E-state index >= 15 is 0 Å². The van der Waals surface area contributed by atoms with Gasteiger partial charge in [0, 0.05) is 6.42 Å². The molecule has 1 heterocycles. The third-order valence-electron chi connectivity index (χ3n) is 4.72. The van der Waals surface area contributed by atoms with Crippen molar-refractivity contribution < 1.29 is 9.53 Å². The number of carbonyl (C=O) groups is 1. The quantitative estimate of drug-likeness (QED) is 0.775. The summed E-state index contributed by atoms with van der Waals surface area (Å²) >= 11 is 0. The average molecular weight is 323 g/mol. The van der Waals surface area contributed by atoms with Crippen LogP contribution in [0.25, 0.3) is 0 Å². The van der Waals surface area contributed by atoms with Crippen LogP contribution in [0.15, 0.2) is 54.6 Å². The highest BCUT2D eigenvalue weighted by Gasteiger charge is 2.26. The van der Waals surface area contributed by atoms with E-state index in [1.807, 2.05) is 30.3 Å². The van der Waals surface area contributed by atoms with Crippen LogP contribution < -0.4 is 4.74 Å². The monoisotopic (exact) mass is 323 g/mol. The van der Waals surface area contributed by atoms with Gasteiger partial charge in [0.05, 0.1) is 6.04 Å². The van der Waals surface area contributed by atoms with Crippen LogP contribution in [0, 0.1) is 0 Å². The average Bonchev–Trinajstić information content (AvgIpc) is 3.06. The molecule has 0 aromatic heterocycles. The molecule has 3 heteroatoms. The first-order valence-electron chi connectivity index (χ1n) is 8.71. The van der Waals surface area contributed by atoms with E-state index in [9.17, 15) is 4.79 Å². The molecule has 1 fully saturated rings. The molecule has 0 radical (unpaired) electrons. The van der Waals surface area contributed by atoms with Gasteiger partial charge in [0.15, 0.2) is 0 Å². The van der Waals surface area contributed by atoms with Crippen molar-refractivity contribution in [3.05, 3.63) is 65.7 Å². The number of hydrogen-bond acceptors (Lipinski definition) is 3. The zero-order valence-corrected chi connectivity index (χ0v) is 14.3. The Labute approximate surface area is 144 Å². The van der Waals surface area contributed by atoms with Crippen LogP contribution in [-0.4, -0.2) is 30.3 Å². The SMILES string of the molecule is CN1CCCC1C(=O)CCc1ccc(OCc2ccccc2)cc1. The predicted octanol–water partition coefficient (Wildman–Crippen LogP) is 3.86. The fourth-order valence-electron chi connectivity index (χ4n) is 3.24. The summed E-state index contributed by atoms with van der Waals surface area (Å²) in [5.74, 6) is 1.24. The summed E-state index contributed by atoms with van der Waals surface area (Å²) in [4.78, 5) is 14.5. The summed E-state index contributed by atoms with van der Waals surface area (Å²) in [5, 5.41) is 0. The van der Waals surface area contributed by atoms with Crippen molar-refractivity contribution in [2.45, 2.75) is 38.3 Å². The second-order valence-electron chi connectivity index (χ2n) is 6.52. The molecule has 2 aromatic rings. The smallest absolute Gasteiger partial charge is 0.150 e. The van der Waals surface area contributed by atoms with E-state index in [0.717, 1.165) is 37.1 Å². The van der Waals surface area contributed by atoms with Crippen LogP contribution >= 0.6 is 0 Å². The molecule has 1 aliphatic heterocycles. The number of likely N-dealkylation sites (tertiary alicyclic amines) is 1. The summed E-state index contributed by atoms with van der Waals surface area (Å²) in [6.07, 6.45) is 3.59. The minimum atomic E-state index is 0.137. The molecule has 0 bridgehead atoms. The minimum absolute atomic E-state index is 0.137. The summed E-state index contributed by atoms with van der Waals surface area (Å²) in [5.41, 5.74) is 2.35. The van der Waals surface area contributed by atoms with Crippen molar-refractivity contribution in [1.29, 1.82) is 0 Å². The first-order valence-corrected chi connectivity index (χ1v) is 8.71. The molecular formula is C21H25NO2. The Morgan fingerprint density at radius 1 is 1.08 bits per heavy atom. The lowest BCUT2D eigenvalue weighted by molar-refractivity contribution is -0.122. The van der Waals surface area contributed by atoms with Crippen LogP contribution in [0.2, 0.25) is 0 Å². The van der Waals surface area contributed by atoms with Crippen LogP contribution in [0.1, 0.15) is 30.4 Å². The first kappa shape index (κ1) is 16.7. The van der Waals surface area contributed by atoms with E-state index in [-0.39, 0.29) is 6.04 Å². The van der Waals surface area contributed by atoms with Crippen molar-refractivity contribution in [3.8, 4) is 5.75 Å². The topological polar surface area (TPSA) is 29.5 Å². The summed E-state index contributed by atoms with van der Waals surface area (Å²) in [6, 6.07) is 18.4. The van der Waals surface area contributed by atoms with E-state index in [1.165, 1.54) is 5.56 Å². The number of rotatable bonds is 7. The maximum Gasteiger partial charge on any atom is 0.150 e. The number of Topliss-reactive ketones (excluding diaryl/α,β-unsaturated/α-hetero) is 1. The van der Waals surface area contributed by atoms with Crippen molar-refractivity contribution in [1.82, 2.24) is 4.90 Å². The van der Waals surface area contributed by atoms with Gasteiger partial charge >= 0.3 is 0 Å². The van der Waals surface area contributed by atoms with E-state index < -0.39 is 0 Å². The normalized spacial score (nSPS) is 17.8. The lowest BCUT2D eigenvalue weighted by Crippen LogP contribution is -2.32. The molecule has 0 saturated carbocycles. The summed E-state index contributed by atoms with van der Waals surface area (Å²) < 4.78 is 5.79. The Morgan fingerprint density at radius 2 is 1.83 bits per heavy atom. The molecule has 1 unspecified atom stereocenters. The third-order valence-corrected chi connectivity index (χ3v) is 4.72. The van der Waals surface area contributed by atoms with Gasteiger partial charge in [0.25, 0.3) is 0 Å². The molecule has 24 heavy (non-hydrogen) atoms. The number of carbonyl (C=O) groups excluding carboxylic acids is 1. The van der Waals surface area contributed by atoms with Gasteiger partial charge in [-0.15, -0.1) is 0 Å². The molecule has 1 saturated heterocycles. The zero-order valence-electron chi connectivity index (χ0n) is 14.3. The largest absolute Gasteiger partial charge is 0.489 e. The molecule has 0 N–H and O–H groups in total. The summed E-state index contributed by atoms with van der Waals surface area (Å²) in [6.45, 7) is 1.62. The van der Waals surface area contributed by atoms with E-state index in [1.54, 1.807) is 0 Å². The van der Waals surface area contributed by atoms with E-state index in [4.69, 9.17) is 4.74 Å². The maximum absolute atomic E-state index is 12.3. The van der Waals surface area contributed by atoms with Crippen LogP contribution in [0.5, 0.6) is 5.75 Å². The maximum atomic E-state index is 12.3. The molecule has 3 rings (SSSR count). The predicted molar refractivity (Wildman–Crippen MR) is 96.2 cm³/mol. The molecular weight excluding hydrogens is 298 g/mol. The Kier molecular flexibility index (Phi) is 5.65. The van der Waals surface area contributed by atoms with E-state index in [0.29, 0.717) is 18.8 Å². The van der Waals surface area contributed by atoms with Crippen LogP contribution in [0.3, 0.4) is 0 Å². The highest BCUT2D eigenvalue weighted by molar-refractivity contribution is 5.84. The number of benzene rings is 2. The fourth-order valence-corrected chi connectivity index (χ4v) is 3.24. The molecule has 0 aliphatic carbocycles. The van der Waals surface area contributed by atoms with Gasteiger partial charge in [-0.1, -0.05) is 42.5 Å². The molecule has 0 spiro atoms. The van der Waals surface area contributed by atoms with Crippen molar-refractivity contribution in [2.75, 3.05) is 13.6 Å². The zero-order chi connectivity index (χ0) is 16.8. The fraction of sp³-hybridized carbons (Fsp3) is 0.381. The highest BCUT2D eigenvalue weighted by atomic mass is 16.5. The third kappa shape index (κ3) is 4.45. The van der Waals surface area contributed by atoms with Gasteiger partial charge in [0.1, 0.15) is 18.1 Å². The number of ketones is 1. The number of likely N-dealkylation sites (N-methyl/N-ethyl adjacent to an activating group) is 1.